The molecule has 0 unspecified atom stereocenters. The molecule has 21 heavy (non-hydrogen) atoms. The second kappa shape index (κ2) is 6.45. The summed E-state index contributed by atoms with van der Waals surface area (Å²) in [6.07, 6.45) is 1.85. The summed E-state index contributed by atoms with van der Waals surface area (Å²) in [6, 6.07) is 4.60. The van der Waals surface area contributed by atoms with Gasteiger partial charge in [0.05, 0.1) is 12.7 Å². The normalized spacial score (nSPS) is 18.6. The van der Waals surface area contributed by atoms with Crippen molar-refractivity contribution in [1.82, 2.24) is 10.2 Å². The van der Waals surface area contributed by atoms with E-state index in [1.807, 2.05) is 11.8 Å². The first-order valence-corrected chi connectivity index (χ1v) is 6.81. The van der Waals surface area contributed by atoms with Crippen LogP contribution in [0.4, 0.5) is 4.39 Å². The van der Waals surface area contributed by atoms with E-state index in [1.54, 1.807) is 12.3 Å². The highest BCUT2D eigenvalue weighted by Gasteiger charge is 2.23. The summed E-state index contributed by atoms with van der Waals surface area (Å²) >= 11 is 0. The van der Waals surface area contributed by atoms with Gasteiger partial charge in [0, 0.05) is 42.7 Å². The number of piperazine rings is 1. The molecule has 0 saturated carbocycles. The molecule has 1 aliphatic rings. The fourth-order valence-corrected chi connectivity index (χ4v) is 2.67. The molecule has 1 amide bonds. The molecule has 1 fully saturated rings. The zero-order valence-corrected chi connectivity index (χ0v) is 12.6. The molecule has 6 heteroatoms. The van der Waals surface area contributed by atoms with Crippen LogP contribution in [-0.4, -0.2) is 36.5 Å². The van der Waals surface area contributed by atoms with Gasteiger partial charge in [-0.1, -0.05) is 0 Å². The van der Waals surface area contributed by atoms with Gasteiger partial charge in [-0.15, -0.1) is 12.4 Å². The third kappa shape index (κ3) is 3.19. The minimum absolute atomic E-state index is 0. The van der Waals surface area contributed by atoms with E-state index in [4.69, 9.17) is 4.42 Å². The van der Waals surface area contributed by atoms with Crippen LogP contribution < -0.4 is 5.32 Å². The molecule has 1 aliphatic heterocycles. The largest absolute Gasteiger partial charge is 0.464 e. The van der Waals surface area contributed by atoms with E-state index < -0.39 is 0 Å². The fourth-order valence-electron chi connectivity index (χ4n) is 2.67. The Morgan fingerprint density at radius 1 is 1.52 bits per heavy atom. The maximum Gasteiger partial charge on any atom is 0.227 e. The van der Waals surface area contributed by atoms with Crippen LogP contribution in [0, 0.1) is 5.82 Å². The third-order valence-corrected chi connectivity index (χ3v) is 3.78. The van der Waals surface area contributed by atoms with Crippen molar-refractivity contribution < 1.29 is 13.6 Å². The predicted octanol–water partition coefficient (Wildman–Crippen LogP) is 2.36. The van der Waals surface area contributed by atoms with Gasteiger partial charge in [-0.2, -0.15) is 0 Å². The molecule has 2 heterocycles. The van der Waals surface area contributed by atoms with Gasteiger partial charge in [0.2, 0.25) is 5.91 Å². The topological polar surface area (TPSA) is 45.5 Å². The summed E-state index contributed by atoms with van der Waals surface area (Å²) in [4.78, 5) is 14.3. The lowest BCUT2D eigenvalue weighted by molar-refractivity contribution is -0.133. The lowest BCUT2D eigenvalue weighted by atomic mass is 10.1. The van der Waals surface area contributed by atoms with E-state index in [1.165, 1.54) is 12.1 Å². The number of carbonyl (C=O) groups excluding carboxylic acids is 1. The Balaban J connectivity index is 0.00000161. The Morgan fingerprint density at radius 3 is 3.10 bits per heavy atom. The van der Waals surface area contributed by atoms with Crippen LogP contribution in [0.5, 0.6) is 0 Å². The minimum atomic E-state index is -0.333. The maximum absolute atomic E-state index is 13.1. The summed E-state index contributed by atoms with van der Waals surface area (Å²) in [6.45, 7) is 4.41. The molecule has 1 N–H and O–H groups in total. The average Bonchev–Trinajstić information content (AvgIpc) is 2.81. The first-order chi connectivity index (χ1) is 9.65. The quantitative estimate of drug-likeness (QED) is 0.926. The van der Waals surface area contributed by atoms with Crippen molar-refractivity contribution in [2.45, 2.75) is 19.4 Å². The fraction of sp³-hybridized carbons (Fsp3) is 0.400. The number of hydrogen-bond donors (Lipinski definition) is 1. The van der Waals surface area contributed by atoms with E-state index in [-0.39, 0.29) is 30.2 Å². The zero-order valence-electron chi connectivity index (χ0n) is 11.8. The van der Waals surface area contributed by atoms with Crippen molar-refractivity contribution in [3.05, 3.63) is 35.8 Å². The molecule has 0 aliphatic carbocycles. The van der Waals surface area contributed by atoms with Gasteiger partial charge in [-0.3, -0.25) is 4.79 Å². The van der Waals surface area contributed by atoms with Gasteiger partial charge < -0.3 is 14.6 Å². The molecule has 1 aromatic carbocycles. The van der Waals surface area contributed by atoms with Gasteiger partial charge >= 0.3 is 0 Å². The SMILES string of the molecule is C[C@H]1CNCCN1C(=O)Cc1coc2cc(F)ccc12.Cl. The summed E-state index contributed by atoms with van der Waals surface area (Å²) in [5.41, 5.74) is 1.30. The predicted molar refractivity (Wildman–Crippen MR) is 81.2 cm³/mol. The van der Waals surface area contributed by atoms with Crippen LogP contribution in [0.3, 0.4) is 0 Å². The first kappa shape index (κ1) is 15.8. The lowest BCUT2D eigenvalue weighted by Crippen LogP contribution is -2.52. The number of nitrogens with one attached hydrogen (secondary N) is 1. The molecule has 0 bridgehead atoms. The highest BCUT2D eigenvalue weighted by Crippen LogP contribution is 2.23. The van der Waals surface area contributed by atoms with Gasteiger partial charge in [-0.25, -0.2) is 4.39 Å². The third-order valence-electron chi connectivity index (χ3n) is 3.78. The van der Waals surface area contributed by atoms with E-state index in [0.29, 0.717) is 12.0 Å². The van der Waals surface area contributed by atoms with Crippen LogP contribution in [0.1, 0.15) is 12.5 Å². The number of benzene rings is 1. The molecule has 2 aromatic rings. The molecule has 1 saturated heterocycles. The highest BCUT2D eigenvalue weighted by atomic mass is 35.5. The van der Waals surface area contributed by atoms with E-state index in [2.05, 4.69) is 5.32 Å². The number of hydrogen-bond acceptors (Lipinski definition) is 3. The Labute approximate surface area is 128 Å². The van der Waals surface area contributed by atoms with Crippen LogP contribution in [0.2, 0.25) is 0 Å². The number of rotatable bonds is 2. The zero-order chi connectivity index (χ0) is 14.1. The van der Waals surface area contributed by atoms with Gasteiger partial charge in [0.15, 0.2) is 0 Å². The molecular formula is C15H18ClFN2O2. The summed E-state index contributed by atoms with van der Waals surface area (Å²) in [7, 11) is 0. The Bertz CT molecular complexity index is 644. The van der Waals surface area contributed by atoms with E-state index in [0.717, 1.165) is 30.6 Å². The summed E-state index contributed by atoms with van der Waals surface area (Å²) < 4.78 is 18.4. The Hall–Kier alpha value is -1.59. The van der Waals surface area contributed by atoms with E-state index in [9.17, 15) is 9.18 Å². The van der Waals surface area contributed by atoms with Crippen molar-refractivity contribution in [3.8, 4) is 0 Å². The molecule has 114 valence electrons. The molecule has 1 atom stereocenters. The number of carbonyl (C=O) groups is 1. The number of fused-ring (bicyclic) bond motifs is 1. The Kier molecular flexibility index (Phi) is 4.85. The van der Waals surface area contributed by atoms with Crippen molar-refractivity contribution in [2.24, 2.45) is 0 Å². The number of furan rings is 1. The maximum atomic E-state index is 13.1. The monoisotopic (exact) mass is 312 g/mol. The van der Waals surface area contributed by atoms with Crippen molar-refractivity contribution in [2.75, 3.05) is 19.6 Å². The second-order valence-corrected chi connectivity index (χ2v) is 5.22. The van der Waals surface area contributed by atoms with Crippen molar-refractivity contribution in [3.63, 3.8) is 0 Å². The number of amides is 1. The standard InChI is InChI=1S/C15H17FN2O2.ClH/c1-10-8-17-4-5-18(10)15(19)6-11-9-20-14-7-12(16)2-3-13(11)14;/h2-3,7,9-10,17H,4-6,8H2,1H3;1H/t10-;/m0./s1. The summed E-state index contributed by atoms with van der Waals surface area (Å²) in [5.74, 6) is -0.244. The van der Waals surface area contributed by atoms with E-state index >= 15 is 0 Å². The Morgan fingerprint density at radius 2 is 2.33 bits per heavy atom. The smallest absolute Gasteiger partial charge is 0.227 e. The van der Waals surface area contributed by atoms with Crippen LogP contribution in [-0.2, 0) is 11.2 Å². The van der Waals surface area contributed by atoms with Crippen molar-refractivity contribution in [1.29, 1.82) is 0 Å². The highest BCUT2D eigenvalue weighted by molar-refractivity contribution is 5.87. The van der Waals surface area contributed by atoms with Gasteiger partial charge in [0.25, 0.3) is 0 Å². The number of halogens is 2. The molecule has 1 aromatic heterocycles. The first-order valence-electron chi connectivity index (χ1n) is 6.81. The molecule has 4 nitrogen and oxygen atoms in total. The van der Waals surface area contributed by atoms with Crippen LogP contribution in [0.15, 0.2) is 28.9 Å². The van der Waals surface area contributed by atoms with Crippen LogP contribution >= 0.6 is 12.4 Å². The lowest BCUT2D eigenvalue weighted by Gasteiger charge is -2.34. The molecule has 3 rings (SSSR count). The van der Waals surface area contributed by atoms with Crippen LogP contribution in [0.25, 0.3) is 11.0 Å². The van der Waals surface area contributed by atoms with Crippen molar-refractivity contribution >= 4 is 29.3 Å². The molecule has 0 radical (unpaired) electrons. The van der Waals surface area contributed by atoms with Gasteiger partial charge in [-0.05, 0) is 19.1 Å². The minimum Gasteiger partial charge on any atom is -0.464 e. The molecular weight excluding hydrogens is 295 g/mol. The average molecular weight is 313 g/mol. The number of nitrogens with zero attached hydrogens (tertiary/aromatic N) is 1. The van der Waals surface area contributed by atoms with Gasteiger partial charge in [0.1, 0.15) is 11.4 Å². The summed E-state index contributed by atoms with van der Waals surface area (Å²) in [5, 5.41) is 4.07. The second-order valence-electron chi connectivity index (χ2n) is 5.22. The molecule has 0 spiro atoms.